The molecule has 17 heavy (non-hydrogen) atoms. The predicted molar refractivity (Wildman–Crippen MR) is 63.6 cm³/mol. The van der Waals surface area contributed by atoms with Gasteiger partial charge in [-0.05, 0) is 43.9 Å². The number of rotatable bonds is 4. The molecule has 0 spiro atoms. The van der Waals surface area contributed by atoms with Gasteiger partial charge in [-0.25, -0.2) is 9.18 Å². The van der Waals surface area contributed by atoms with Crippen LogP contribution in [0.15, 0.2) is 24.3 Å². The third-order valence-corrected chi connectivity index (χ3v) is 3.70. The second kappa shape index (κ2) is 4.02. The van der Waals surface area contributed by atoms with E-state index in [4.69, 9.17) is 0 Å². The fraction of sp³-hybridized carbons (Fsp3) is 0.462. The van der Waals surface area contributed by atoms with Crippen LogP contribution in [0.25, 0.3) is 0 Å². The van der Waals surface area contributed by atoms with Crippen molar-refractivity contribution in [2.24, 2.45) is 5.92 Å². The molecule has 0 saturated heterocycles. The quantitative estimate of drug-likeness (QED) is 0.874. The summed E-state index contributed by atoms with van der Waals surface area (Å²) < 4.78 is 13.2. The minimum absolute atomic E-state index is 0.147. The van der Waals surface area contributed by atoms with E-state index < -0.39 is 11.5 Å². The van der Waals surface area contributed by atoms with E-state index >= 15 is 0 Å². The average Bonchev–Trinajstić information content (AvgIpc) is 3.10. The van der Waals surface area contributed by atoms with E-state index in [-0.39, 0.29) is 11.7 Å². The van der Waals surface area contributed by atoms with Gasteiger partial charge >= 0.3 is 5.97 Å². The predicted octanol–water partition coefficient (Wildman–Crippen LogP) is 2.52. The first kappa shape index (κ1) is 11.9. The standard InChI is InChI=1S/C13H16FNO2/c1-13(12(16)17,9-6-7-9)15(2)11-5-3-4-10(14)8-11/h3-5,8-9H,6-7H2,1-2H3,(H,16,17). The summed E-state index contributed by atoms with van der Waals surface area (Å²) in [6, 6.07) is 6.04. The van der Waals surface area contributed by atoms with Gasteiger partial charge in [-0.1, -0.05) is 6.07 Å². The van der Waals surface area contributed by atoms with Gasteiger partial charge in [0.05, 0.1) is 0 Å². The molecule has 1 aromatic rings. The van der Waals surface area contributed by atoms with E-state index in [0.29, 0.717) is 5.69 Å². The first-order chi connectivity index (χ1) is 7.96. The molecule has 1 N–H and O–H groups in total. The van der Waals surface area contributed by atoms with Crippen LogP contribution in [-0.4, -0.2) is 23.7 Å². The first-order valence-electron chi connectivity index (χ1n) is 5.69. The highest BCUT2D eigenvalue weighted by Crippen LogP contribution is 2.44. The Kier molecular flexibility index (Phi) is 2.81. The molecule has 1 atom stereocenters. The molecule has 0 bridgehead atoms. The Bertz CT molecular complexity index is 445. The van der Waals surface area contributed by atoms with E-state index in [1.165, 1.54) is 12.1 Å². The van der Waals surface area contributed by atoms with Crippen LogP contribution in [0.5, 0.6) is 0 Å². The van der Waals surface area contributed by atoms with Crippen LogP contribution in [0.4, 0.5) is 10.1 Å². The van der Waals surface area contributed by atoms with Crippen molar-refractivity contribution in [3.63, 3.8) is 0 Å². The van der Waals surface area contributed by atoms with E-state index in [1.54, 1.807) is 31.0 Å². The fourth-order valence-electron chi connectivity index (χ4n) is 2.19. The van der Waals surface area contributed by atoms with E-state index in [2.05, 4.69) is 0 Å². The summed E-state index contributed by atoms with van der Waals surface area (Å²) in [5.41, 5.74) is -0.352. The lowest BCUT2D eigenvalue weighted by atomic mass is 9.93. The Morgan fingerprint density at radius 1 is 1.53 bits per heavy atom. The molecule has 1 unspecified atom stereocenters. The lowest BCUT2D eigenvalue weighted by molar-refractivity contribution is -0.143. The molecule has 4 heteroatoms. The van der Waals surface area contributed by atoms with E-state index in [0.717, 1.165) is 12.8 Å². The molecular formula is C13H16FNO2. The summed E-state index contributed by atoms with van der Waals surface area (Å²) in [6.45, 7) is 1.71. The maximum Gasteiger partial charge on any atom is 0.329 e. The number of carbonyl (C=O) groups is 1. The maximum absolute atomic E-state index is 13.2. The lowest BCUT2D eigenvalue weighted by Crippen LogP contribution is -2.52. The van der Waals surface area contributed by atoms with Crippen LogP contribution >= 0.6 is 0 Å². The molecule has 2 rings (SSSR count). The van der Waals surface area contributed by atoms with Crippen molar-refractivity contribution < 1.29 is 14.3 Å². The van der Waals surface area contributed by atoms with Crippen molar-refractivity contribution in [3.05, 3.63) is 30.1 Å². The second-order valence-corrected chi connectivity index (χ2v) is 4.77. The van der Waals surface area contributed by atoms with Crippen LogP contribution in [0, 0.1) is 11.7 Å². The highest BCUT2D eigenvalue weighted by molar-refractivity contribution is 5.84. The molecule has 0 radical (unpaired) electrons. The maximum atomic E-state index is 13.2. The monoisotopic (exact) mass is 237 g/mol. The number of carboxylic acids is 1. The first-order valence-corrected chi connectivity index (χ1v) is 5.69. The van der Waals surface area contributed by atoms with Crippen molar-refractivity contribution in [3.8, 4) is 0 Å². The third kappa shape index (κ3) is 1.99. The number of nitrogens with zero attached hydrogens (tertiary/aromatic N) is 1. The topological polar surface area (TPSA) is 40.5 Å². The fourth-order valence-corrected chi connectivity index (χ4v) is 2.19. The number of aliphatic carboxylic acids is 1. The van der Waals surface area contributed by atoms with Crippen molar-refractivity contribution in [2.75, 3.05) is 11.9 Å². The second-order valence-electron chi connectivity index (χ2n) is 4.77. The van der Waals surface area contributed by atoms with Gasteiger partial charge in [0, 0.05) is 12.7 Å². The number of likely N-dealkylation sites (N-methyl/N-ethyl adjacent to an activating group) is 1. The molecule has 1 fully saturated rings. The number of anilines is 1. The molecule has 0 aliphatic heterocycles. The van der Waals surface area contributed by atoms with Crippen LogP contribution < -0.4 is 4.90 Å². The molecule has 0 amide bonds. The SMILES string of the molecule is CN(c1cccc(F)c1)C(C)(C(=O)O)C1CC1. The largest absolute Gasteiger partial charge is 0.479 e. The highest BCUT2D eigenvalue weighted by atomic mass is 19.1. The number of halogens is 1. The van der Waals surface area contributed by atoms with Gasteiger partial charge in [-0.3, -0.25) is 0 Å². The number of carboxylic acid groups (broad SMARTS) is 1. The van der Waals surface area contributed by atoms with Gasteiger partial charge in [0.2, 0.25) is 0 Å². The Hall–Kier alpha value is -1.58. The summed E-state index contributed by atoms with van der Waals surface area (Å²) in [5.74, 6) is -1.06. The summed E-state index contributed by atoms with van der Waals surface area (Å²) in [5, 5.41) is 9.41. The summed E-state index contributed by atoms with van der Waals surface area (Å²) >= 11 is 0. The zero-order chi connectivity index (χ0) is 12.6. The summed E-state index contributed by atoms with van der Waals surface area (Å²) in [4.78, 5) is 13.1. The number of hydrogen-bond donors (Lipinski definition) is 1. The van der Waals surface area contributed by atoms with Gasteiger partial charge < -0.3 is 10.0 Å². The van der Waals surface area contributed by atoms with Gasteiger partial charge in [0.25, 0.3) is 0 Å². The van der Waals surface area contributed by atoms with Crippen molar-refractivity contribution >= 4 is 11.7 Å². The van der Waals surface area contributed by atoms with Gasteiger partial charge in [-0.2, -0.15) is 0 Å². The number of hydrogen-bond acceptors (Lipinski definition) is 2. The van der Waals surface area contributed by atoms with Gasteiger partial charge in [0.15, 0.2) is 0 Å². The van der Waals surface area contributed by atoms with Gasteiger partial charge in [-0.15, -0.1) is 0 Å². The highest BCUT2D eigenvalue weighted by Gasteiger charge is 2.50. The summed E-state index contributed by atoms with van der Waals surface area (Å²) in [6.07, 6.45) is 1.84. The average molecular weight is 237 g/mol. The van der Waals surface area contributed by atoms with E-state index in [1.807, 2.05) is 0 Å². The van der Waals surface area contributed by atoms with Gasteiger partial charge in [0.1, 0.15) is 11.4 Å². The number of benzene rings is 1. The van der Waals surface area contributed by atoms with Crippen LogP contribution in [-0.2, 0) is 4.79 Å². The zero-order valence-corrected chi connectivity index (χ0v) is 9.98. The Labute approximate surface area is 99.9 Å². The molecule has 0 heterocycles. The molecule has 92 valence electrons. The molecule has 3 nitrogen and oxygen atoms in total. The van der Waals surface area contributed by atoms with Crippen molar-refractivity contribution in [1.82, 2.24) is 0 Å². The normalized spacial score (nSPS) is 18.5. The molecule has 1 aliphatic rings. The molecule has 1 aliphatic carbocycles. The van der Waals surface area contributed by atoms with E-state index in [9.17, 15) is 14.3 Å². The smallest absolute Gasteiger partial charge is 0.329 e. The minimum Gasteiger partial charge on any atom is -0.479 e. The third-order valence-electron chi connectivity index (χ3n) is 3.70. The van der Waals surface area contributed by atoms with Crippen LogP contribution in [0.2, 0.25) is 0 Å². The minimum atomic E-state index is -0.951. The Balaban J connectivity index is 2.34. The summed E-state index contributed by atoms with van der Waals surface area (Å²) in [7, 11) is 1.71. The Morgan fingerprint density at radius 2 is 2.18 bits per heavy atom. The molecule has 1 aromatic carbocycles. The van der Waals surface area contributed by atoms with Crippen LogP contribution in [0.1, 0.15) is 19.8 Å². The van der Waals surface area contributed by atoms with Crippen molar-refractivity contribution in [2.45, 2.75) is 25.3 Å². The zero-order valence-electron chi connectivity index (χ0n) is 9.98. The van der Waals surface area contributed by atoms with Crippen molar-refractivity contribution in [1.29, 1.82) is 0 Å². The Morgan fingerprint density at radius 3 is 2.65 bits per heavy atom. The molecule has 1 saturated carbocycles. The lowest BCUT2D eigenvalue weighted by Gasteiger charge is -2.37. The molecule has 0 aromatic heterocycles. The molecular weight excluding hydrogens is 221 g/mol. The van der Waals surface area contributed by atoms with Crippen LogP contribution in [0.3, 0.4) is 0 Å².